The topological polar surface area (TPSA) is 72.8 Å². The van der Waals surface area contributed by atoms with Gasteiger partial charge in [0.05, 0.1) is 10.1 Å². The molecule has 2 aromatic rings. The van der Waals surface area contributed by atoms with Crippen LogP contribution in [0, 0.1) is 12.8 Å². The smallest absolute Gasteiger partial charge is 0.231 e. The van der Waals surface area contributed by atoms with Crippen LogP contribution in [0.3, 0.4) is 0 Å². The second-order valence-corrected chi connectivity index (χ2v) is 8.41. The Morgan fingerprint density at radius 2 is 1.79 bits per heavy atom. The Balaban J connectivity index is 1.67. The number of benzene rings is 2. The third-order valence-electron chi connectivity index (χ3n) is 4.80. The Morgan fingerprint density at radius 1 is 1.08 bits per heavy atom. The molecule has 0 spiro atoms. The number of aliphatic hydroxyl groups excluding tert-OH is 1. The predicted octanol–water partition coefficient (Wildman–Crippen LogP) is 2.27. The van der Waals surface area contributed by atoms with E-state index in [-0.39, 0.29) is 25.2 Å². The highest BCUT2D eigenvalue weighted by molar-refractivity contribution is 7.92. The minimum atomic E-state index is -3.49. The van der Waals surface area contributed by atoms with Crippen molar-refractivity contribution in [1.82, 2.24) is 0 Å². The molecule has 2 aromatic carbocycles. The van der Waals surface area contributed by atoms with Gasteiger partial charge in [0.2, 0.25) is 6.79 Å². The van der Waals surface area contributed by atoms with Gasteiger partial charge in [0.1, 0.15) is 0 Å². The summed E-state index contributed by atoms with van der Waals surface area (Å²) in [6.45, 7) is 1.94. The van der Waals surface area contributed by atoms with Crippen LogP contribution in [0.4, 0.5) is 0 Å². The van der Waals surface area contributed by atoms with Crippen LogP contribution in [0.2, 0.25) is 0 Å². The molecule has 0 amide bonds. The molecule has 24 heavy (non-hydrogen) atoms. The molecule has 1 aliphatic carbocycles. The zero-order valence-electron chi connectivity index (χ0n) is 13.2. The van der Waals surface area contributed by atoms with Gasteiger partial charge in [-0.3, -0.25) is 0 Å². The van der Waals surface area contributed by atoms with Crippen molar-refractivity contribution < 1.29 is 23.0 Å². The summed E-state index contributed by atoms with van der Waals surface area (Å²) in [5.41, 5.74) is 1.87. The van der Waals surface area contributed by atoms with E-state index in [1.165, 1.54) is 0 Å². The van der Waals surface area contributed by atoms with Crippen LogP contribution < -0.4 is 9.47 Å². The number of rotatable bonds is 4. The Hall–Kier alpha value is -2.05. The lowest BCUT2D eigenvalue weighted by molar-refractivity contribution is 0.174. The van der Waals surface area contributed by atoms with Crippen LogP contribution in [-0.4, -0.2) is 32.2 Å². The van der Waals surface area contributed by atoms with E-state index >= 15 is 0 Å². The third kappa shape index (κ3) is 2.37. The van der Waals surface area contributed by atoms with Crippen LogP contribution in [0.5, 0.6) is 11.5 Å². The lowest BCUT2D eigenvalue weighted by Crippen LogP contribution is -2.11. The van der Waals surface area contributed by atoms with Gasteiger partial charge in [0.25, 0.3) is 0 Å². The van der Waals surface area contributed by atoms with Crippen molar-refractivity contribution >= 4 is 9.84 Å². The molecular formula is C18H18O5S. The molecule has 4 rings (SSSR count). The molecule has 1 heterocycles. The molecular weight excluding hydrogens is 328 g/mol. The lowest BCUT2D eigenvalue weighted by Gasteiger charge is -2.05. The molecule has 1 fully saturated rings. The van der Waals surface area contributed by atoms with E-state index in [1.54, 1.807) is 30.3 Å². The van der Waals surface area contributed by atoms with Gasteiger partial charge in [-0.05, 0) is 36.8 Å². The second-order valence-electron chi connectivity index (χ2n) is 6.31. The minimum absolute atomic E-state index is 0.158. The summed E-state index contributed by atoms with van der Waals surface area (Å²) in [7, 11) is -3.49. The molecule has 0 saturated heterocycles. The van der Waals surface area contributed by atoms with Crippen LogP contribution in [0.15, 0.2) is 47.4 Å². The Labute approximate surface area is 140 Å². The van der Waals surface area contributed by atoms with E-state index in [1.807, 2.05) is 19.1 Å². The highest BCUT2D eigenvalue weighted by Crippen LogP contribution is 2.54. The summed E-state index contributed by atoms with van der Waals surface area (Å²) in [5.74, 6) is 0.771. The van der Waals surface area contributed by atoms with Crippen molar-refractivity contribution in [3.8, 4) is 11.5 Å². The fraction of sp³-hybridized carbons (Fsp3) is 0.333. The molecule has 5 nitrogen and oxygen atoms in total. The molecule has 3 atom stereocenters. The molecule has 2 aliphatic rings. The average molecular weight is 346 g/mol. The predicted molar refractivity (Wildman–Crippen MR) is 88.0 cm³/mol. The monoisotopic (exact) mass is 346 g/mol. The molecule has 0 radical (unpaired) electrons. The zero-order chi connectivity index (χ0) is 16.9. The summed E-state index contributed by atoms with van der Waals surface area (Å²) in [6, 6.07) is 12.3. The Kier molecular flexibility index (Phi) is 3.54. The number of aryl methyl sites for hydroxylation is 1. The molecule has 1 N–H and O–H groups in total. The van der Waals surface area contributed by atoms with Crippen LogP contribution in [-0.2, 0) is 9.84 Å². The average Bonchev–Trinajstić information content (AvgIpc) is 3.15. The second kappa shape index (κ2) is 5.50. The minimum Gasteiger partial charge on any atom is -0.454 e. The van der Waals surface area contributed by atoms with Crippen LogP contribution in [0.1, 0.15) is 17.0 Å². The van der Waals surface area contributed by atoms with Crippen LogP contribution >= 0.6 is 0 Å². The van der Waals surface area contributed by atoms with E-state index in [0.717, 1.165) is 11.1 Å². The molecule has 0 bridgehead atoms. The van der Waals surface area contributed by atoms with Gasteiger partial charge < -0.3 is 14.6 Å². The SMILES string of the molecule is Cc1ccc(S(=O)(=O)C2C(CO)C2c2ccc3c(c2)OCO3)cc1. The van der Waals surface area contributed by atoms with E-state index in [2.05, 4.69) is 0 Å². The standard InChI is InChI=1S/C18H18O5S/c1-11-2-5-13(6-3-11)24(20,21)18-14(9-19)17(18)12-4-7-15-16(8-12)23-10-22-15/h2-8,14,17-19H,9-10H2,1H3. The maximum atomic E-state index is 12.9. The molecule has 126 valence electrons. The normalized spacial score (nSPS) is 24.8. The Morgan fingerprint density at radius 3 is 2.50 bits per heavy atom. The number of ether oxygens (including phenoxy) is 2. The number of hydrogen-bond acceptors (Lipinski definition) is 5. The van der Waals surface area contributed by atoms with Crippen molar-refractivity contribution in [3.63, 3.8) is 0 Å². The first-order valence-electron chi connectivity index (χ1n) is 7.83. The molecule has 1 aliphatic heterocycles. The number of aliphatic hydroxyl groups is 1. The van der Waals surface area contributed by atoms with E-state index in [0.29, 0.717) is 16.4 Å². The highest BCUT2D eigenvalue weighted by atomic mass is 32.2. The Bertz CT molecular complexity index is 873. The van der Waals surface area contributed by atoms with E-state index < -0.39 is 15.1 Å². The van der Waals surface area contributed by atoms with Gasteiger partial charge in [-0.2, -0.15) is 0 Å². The van der Waals surface area contributed by atoms with Crippen molar-refractivity contribution in [1.29, 1.82) is 0 Å². The molecule has 1 saturated carbocycles. The highest BCUT2D eigenvalue weighted by Gasteiger charge is 2.58. The summed E-state index contributed by atoms with van der Waals surface area (Å²) < 4.78 is 36.5. The zero-order valence-corrected chi connectivity index (χ0v) is 14.0. The fourth-order valence-corrected chi connectivity index (χ4v) is 5.62. The van der Waals surface area contributed by atoms with Gasteiger partial charge in [-0.25, -0.2) is 8.42 Å². The first-order chi connectivity index (χ1) is 11.5. The molecule has 0 aromatic heterocycles. The largest absolute Gasteiger partial charge is 0.454 e. The summed E-state index contributed by atoms with van der Waals surface area (Å²) in [4.78, 5) is 0.305. The van der Waals surface area contributed by atoms with Gasteiger partial charge in [0, 0.05) is 18.4 Å². The summed E-state index contributed by atoms with van der Waals surface area (Å²) in [6.07, 6.45) is 0. The van der Waals surface area contributed by atoms with Gasteiger partial charge >= 0.3 is 0 Å². The van der Waals surface area contributed by atoms with Crippen molar-refractivity contribution in [2.24, 2.45) is 5.92 Å². The van der Waals surface area contributed by atoms with E-state index in [9.17, 15) is 13.5 Å². The van der Waals surface area contributed by atoms with Gasteiger partial charge in [0.15, 0.2) is 21.3 Å². The number of fused-ring (bicyclic) bond motifs is 1. The first kappa shape index (κ1) is 15.5. The van der Waals surface area contributed by atoms with Gasteiger partial charge in [-0.1, -0.05) is 23.8 Å². The van der Waals surface area contributed by atoms with Crippen molar-refractivity contribution in [2.75, 3.05) is 13.4 Å². The maximum absolute atomic E-state index is 12.9. The summed E-state index contributed by atoms with van der Waals surface area (Å²) >= 11 is 0. The first-order valence-corrected chi connectivity index (χ1v) is 9.38. The maximum Gasteiger partial charge on any atom is 0.231 e. The van der Waals surface area contributed by atoms with Crippen molar-refractivity contribution in [3.05, 3.63) is 53.6 Å². The van der Waals surface area contributed by atoms with E-state index in [4.69, 9.17) is 9.47 Å². The lowest BCUT2D eigenvalue weighted by atomic mass is 10.1. The molecule has 6 heteroatoms. The molecule has 3 unspecified atom stereocenters. The number of sulfone groups is 1. The van der Waals surface area contributed by atoms with Gasteiger partial charge in [-0.15, -0.1) is 0 Å². The quantitative estimate of drug-likeness (QED) is 0.919. The summed E-state index contributed by atoms with van der Waals surface area (Å²) in [5, 5.41) is 9.03. The van der Waals surface area contributed by atoms with Crippen molar-refractivity contribution in [2.45, 2.75) is 23.0 Å². The third-order valence-corrected chi connectivity index (χ3v) is 7.09. The number of hydrogen-bond donors (Lipinski definition) is 1. The fourth-order valence-electron chi connectivity index (χ4n) is 3.43. The van der Waals surface area contributed by atoms with Crippen LogP contribution in [0.25, 0.3) is 0 Å².